The number of nitrogens with zero attached hydrogens (tertiary/aromatic N) is 2. The quantitative estimate of drug-likeness (QED) is 0.725. The molecule has 4 rings (SSSR count). The molecule has 4 heteroatoms. The molecule has 0 bridgehead atoms. The standard InChI is InChI=1S/C19H18N2O2/c1-2-7-15(8-3-1)19-20-18(23-21-19)13-22-17-11-10-14-6-4-5-9-16(14)12-17/h1-3,7-8,10-12H,4-6,9,13H2. The summed E-state index contributed by atoms with van der Waals surface area (Å²) in [6.45, 7) is 0.290. The first-order valence-corrected chi connectivity index (χ1v) is 8.01. The second-order valence-corrected chi connectivity index (χ2v) is 5.80. The summed E-state index contributed by atoms with van der Waals surface area (Å²) in [5.41, 5.74) is 3.80. The largest absolute Gasteiger partial charge is 0.484 e. The van der Waals surface area contributed by atoms with Gasteiger partial charge in [0.05, 0.1) is 0 Å². The number of ether oxygens (including phenoxy) is 1. The third-order valence-electron chi connectivity index (χ3n) is 4.18. The highest BCUT2D eigenvalue weighted by molar-refractivity contribution is 5.53. The number of aryl methyl sites for hydroxylation is 2. The van der Waals surface area contributed by atoms with E-state index in [1.807, 2.05) is 36.4 Å². The lowest BCUT2D eigenvalue weighted by Crippen LogP contribution is -2.03. The third-order valence-corrected chi connectivity index (χ3v) is 4.18. The zero-order valence-corrected chi connectivity index (χ0v) is 12.9. The van der Waals surface area contributed by atoms with Crippen molar-refractivity contribution in [1.82, 2.24) is 10.1 Å². The molecule has 1 aliphatic carbocycles. The highest BCUT2D eigenvalue weighted by Crippen LogP contribution is 2.26. The lowest BCUT2D eigenvalue weighted by molar-refractivity contribution is 0.242. The zero-order valence-electron chi connectivity index (χ0n) is 12.9. The molecule has 23 heavy (non-hydrogen) atoms. The van der Waals surface area contributed by atoms with Gasteiger partial charge in [0.25, 0.3) is 5.89 Å². The monoisotopic (exact) mass is 306 g/mol. The Morgan fingerprint density at radius 1 is 0.957 bits per heavy atom. The van der Waals surface area contributed by atoms with E-state index in [0.29, 0.717) is 18.3 Å². The molecule has 4 nitrogen and oxygen atoms in total. The van der Waals surface area contributed by atoms with Crippen LogP contribution in [0.4, 0.5) is 0 Å². The summed E-state index contributed by atoms with van der Waals surface area (Å²) < 4.78 is 11.1. The Kier molecular flexibility index (Phi) is 3.80. The molecule has 0 aliphatic heterocycles. The summed E-state index contributed by atoms with van der Waals surface area (Å²) >= 11 is 0. The summed E-state index contributed by atoms with van der Waals surface area (Å²) in [7, 11) is 0. The maximum absolute atomic E-state index is 5.81. The minimum absolute atomic E-state index is 0.290. The summed E-state index contributed by atoms with van der Waals surface area (Å²) in [4.78, 5) is 4.38. The van der Waals surface area contributed by atoms with Crippen LogP contribution < -0.4 is 4.74 Å². The van der Waals surface area contributed by atoms with Crippen LogP contribution in [0, 0.1) is 0 Å². The highest BCUT2D eigenvalue weighted by atomic mass is 16.5. The van der Waals surface area contributed by atoms with E-state index in [9.17, 15) is 0 Å². The summed E-state index contributed by atoms with van der Waals surface area (Å²) in [6, 6.07) is 16.1. The van der Waals surface area contributed by atoms with Gasteiger partial charge in [-0.05, 0) is 48.9 Å². The zero-order chi connectivity index (χ0) is 15.5. The van der Waals surface area contributed by atoms with Crippen molar-refractivity contribution in [2.24, 2.45) is 0 Å². The molecule has 0 N–H and O–H groups in total. The number of hydrogen-bond acceptors (Lipinski definition) is 4. The van der Waals surface area contributed by atoms with Crippen LogP contribution in [0.1, 0.15) is 29.9 Å². The molecule has 1 aliphatic rings. The van der Waals surface area contributed by atoms with Crippen molar-refractivity contribution < 1.29 is 9.26 Å². The molecule has 0 saturated carbocycles. The van der Waals surface area contributed by atoms with E-state index >= 15 is 0 Å². The minimum Gasteiger partial charge on any atom is -0.484 e. The van der Waals surface area contributed by atoms with Crippen molar-refractivity contribution >= 4 is 0 Å². The van der Waals surface area contributed by atoms with Crippen LogP contribution in [0.3, 0.4) is 0 Å². The van der Waals surface area contributed by atoms with E-state index in [1.54, 1.807) is 0 Å². The van der Waals surface area contributed by atoms with Gasteiger partial charge < -0.3 is 9.26 Å². The number of rotatable bonds is 4. The predicted molar refractivity (Wildman–Crippen MR) is 87.2 cm³/mol. The van der Waals surface area contributed by atoms with Crippen LogP contribution in [-0.2, 0) is 19.4 Å². The van der Waals surface area contributed by atoms with Crippen molar-refractivity contribution in [3.8, 4) is 17.1 Å². The average molecular weight is 306 g/mol. The summed E-state index contributed by atoms with van der Waals surface area (Å²) in [5.74, 6) is 1.95. The molecule has 116 valence electrons. The van der Waals surface area contributed by atoms with Crippen LogP contribution in [0.2, 0.25) is 0 Å². The first kappa shape index (κ1) is 14.0. The lowest BCUT2D eigenvalue weighted by atomic mass is 9.92. The van der Waals surface area contributed by atoms with Crippen LogP contribution >= 0.6 is 0 Å². The molecule has 0 amide bonds. The molecule has 2 aromatic carbocycles. The van der Waals surface area contributed by atoms with Gasteiger partial charge in [-0.2, -0.15) is 4.98 Å². The van der Waals surface area contributed by atoms with Crippen molar-refractivity contribution in [2.75, 3.05) is 0 Å². The second kappa shape index (κ2) is 6.24. The van der Waals surface area contributed by atoms with Gasteiger partial charge in [-0.15, -0.1) is 0 Å². The van der Waals surface area contributed by atoms with Gasteiger partial charge in [-0.3, -0.25) is 0 Å². The van der Waals surface area contributed by atoms with E-state index in [0.717, 1.165) is 17.7 Å². The van der Waals surface area contributed by atoms with E-state index in [2.05, 4.69) is 22.3 Å². The Morgan fingerprint density at radius 2 is 1.78 bits per heavy atom. The fraction of sp³-hybridized carbons (Fsp3) is 0.263. The maximum Gasteiger partial charge on any atom is 0.264 e. The van der Waals surface area contributed by atoms with Crippen molar-refractivity contribution in [3.05, 3.63) is 65.5 Å². The van der Waals surface area contributed by atoms with Gasteiger partial charge in [0.1, 0.15) is 5.75 Å². The molecule has 0 atom stereocenters. The molecular formula is C19H18N2O2. The average Bonchev–Trinajstić information content (AvgIpc) is 3.10. The fourth-order valence-electron chi connectivity index (χ4n) is 2.96. The Labute approximate surface area is 135 Å². The number of hydrogen-bond donors (Lipinski definition) is 0. The number of benzene rings is 2. The molecule has 0 unspecified atom stereocenters. The topological polar surface area (TPSA) is 48.2 Å². The van der Waals surface area contributed by atoms with Crippen LogP contribution in [0.25, 0.3) is 11.4 Å². The van der Waals surface area contributed by atoms with Gasteiger partial charge in [-0.1, -0.05) is 41.6 Å². The van der Waals surface area contributed by atoms with Gasteiger partial charge in [0.2, 0.25) is 5.82 Å². The summed E-state index contributed by atoms with van der Waals surface area (Å²) in [5, 5.41) is 4.00. The van der Waals surface area contributed by atoms with Crippen molar-refractivity contribution in [3.63, 3.8) is 0 Å². The van der Waals surface area contributed by atoms with Crippen LogP contribution in [0.15, 0.2) is 53.1 Å². The first-order valence-electron chi connectivity index (χ1n) is 8.01. The maximum atomic E-state index is 5.81. The van der Waals surface area contributed by atoms with Crippen LogP contribution in [-0.4, -0.2) is 10.1 Å². The Balaban J connectivity index is 1.44. The number of aromatic nitrogens is 2. The third kappa shape index (κ3) is 3.11. The molecule has 1 aromatic heterocycles. The number of fused-ring (bicyclic) bond motifs is 1. The van der Waals surface area contributed by atoms with Gasteiger partial charge in [0, 0.05) is 5.56 Å². The predicted octanol–water partition coefficient (Wildman–Crippen LogP) is 4.19. The van der Waals surface area contributed by atoms with Gasteiger partial charge in [-0.25, -0.2) is 0 Å². The molecule has 0 spiro atoms. The Hall–Kier alpha value is -2.62. The lowest BCUT2D eigenvalue weighted by Gasteiger charge is -2.16. The smallest absolute Gasteiger partial charge is 0.264 e. The van der Waals surface area contributed by atoms with Crippen molar-refractivity contribution in [1.29, 1.82) is 0 Å². The molecular weight excluding hydrogens is 288 g/mol. The highest BCUT2D eigenvalue weighted by Gasteiger charge is 2.12. The molecule has 0 fully saturated rings. The van der Waals surface area contributed by atoms with E-state index in [4.69, 9.17) is 9.26 Å². The second-order valence-electron chi connectivity index (χ2n) is 5.80. The summed E-state index contributed by atoms with van der Waals surface area (Å²) in [6.07, 6.45) is 4.88. The molecule has 0 radical (unpaired) electrons. The van der Waals surface area contributed by atoms with E-state index in [1.165, 1.54) is 30.4 Å². The molecule has 3 aromatic rings. The minimum atomic E-state index is 0.290. The van der Waals surface area contributed by atoms with E-state index < -0.39 is 0 Å². The van der Waals surface area contributed by atoms with E-state index in [-0.39, 0.29) is 0 Å². The fourth-order valence-corrected chi connectivity index (χ4v) is 2.96. The first-order chi connectivity index (χ1) is 11.4. The van der Waals surface area contributed by atoms with Crippen LogP contribution in [0.5, 0.6) is 5.75 Å². The van der Waals surface area contributed by atoms with Crippen molar-refractivity contribution in [2.45, 2.75) is 32.3 Å². The van der Waals surface area contributed by atoms with Gasteiger partial charge in [0.15, 0.2) is 6.61 Å². The Bertz CT molecular complexity index is 796. The SMILES string of the molecule is c1ccc(-c2noc(COc3ccc4c(c3)CCCC4)n2)cc1. The normalized spacial score (nSPS) is 13.6. The Morgan fingerprint density at radius 3 is 2.65 bits per heavy atom. The van der Waals surface area contributed by atoms with Gasteiger partial charge >= 0.3 is 0 Å². The molecule has 1 heterocycles. The molecule has 0 saturated heterocycles.